The molecule has 204 valence electrons. The molecule has 9 nitrogen and oxygen atoms in total. The largest absolute Gasteiger partial charge is 0.506 e. The first kappa shape index (κ1) is 26.1. The van der Waals surface area contributed by atoms with E-state index in [-0.39, 0.29) is 24.7 Å². The van der Waals surface area contributed by atoms with Crippen molar-refractivity contribution in [1.82, 2.24) is 24.9 Å². The summed E-state index contributed by atoms with van der Waals surface area (Å²) < 4.78 is 1.79. The van der Waals surface area contributed by atoms with Crippen LogP contribution in [0.5, 0.6) is 5.75 Å². The van der Waals surface area contributed by atoms with Crippen LogP contribution in [0, 0.1) is 0 Å². The number of para-hydroxylation sites is 2. The van der Waals surface area contributed by atoms with E-state index in [1.807, 2.05) is 30.5 Å². The van der Waals surface area contributed by atoms with Crippen LogP contribution in [0.1, 0.15) is 17.8 Å². The molecule has 0 aliphatic rings. The van der Waals surface area contributed by atoms with E-state index in [0.717, 1.165) is 38.9 Å². The summed E-state index contributed by atoms with van der Waals surface area (Å²) in [7, 11) is 0. The summed E-state index contributed by atoms with van der Waals surface area (Å²) in [5.41, 5.74) is 6.78. The summed E-state index contributed by atoms with van der Waals surface area (Å²) in [5.74, 6) is 0.363. The number of aromatic nitrogens is 4. The van der Waals surface area contributed by atoms with Gasteiger partial charge in [0.05, 0.1) is 16.9 Å². The van der Waals surface area contributed by atoms with Gasteiger partial charge < -0.3 is 20.8 Å². The van der Waals surface area contributed by atoms with Crippen LogP contribution in [0.2, 0.25) is 0 Å². The number of pyridine rings is 2. The van der Waals surface area contributed by atoms with E-state index >= 15 is 0 Å². The first-order valence-electron chi connectivity index (χ1n) is 13.3. The van der Waals surface area contributed by atoms with Crippen molar-refractivity contribution >= 4 is 28.1 Å². The number of rotatable bonds is 9. The Hall–Kier alpha value is -5.12. The monoisotopic (exact) mass is 544 g/mol. The first-order valence-corrected chi connectivity index (χ1v) is 13.3. The van der Waals surface area contributed by atoms with E-state index in [1.165, 1.54) is 6.07 Å². The van der Waals surface area contributed by atoms with E-state index in [4.69, 9.17) is 4.98 Å². The van der Waals surface area contributed by atoms with Gasteiger partial charge in [-0.2, -0.15) is 0 Å². The lowest BCUT2D eigenvalue weighted by Crippen LogP contribution is -2.21. The van der Waals surface area contributed by atoms with Crippen molar-refractivity contribution in [2.24, 2.45) is 0 Å². The number of nitrogens with one attached hydrogen (secondary N) is 2. The van der Waals surface area contributed by atoms with Crippen LogP contribution in [-0.2, 0) is 17.9 Å². The molecule has 0 saturated heterocycles. The van der Waals surface area contributed by atoms with Gasteiger partial charge in [-0.05, 0) is 35.4 Å². The molecule has 0 spiro atoms. The number of hydrogen-bond donors (Lipinski definition) is 4. The van der Waals surface area contributed by atoms with E-state index in [9.17, 15) is 15.0 Å². The fraction of sp³-hybridized carbons (Fsp3) is 0.125. The molecule has 0 unspecified atom stereocenters. The topological polar surface area (TPSA) is 125 Å². The minimum Gasteiger partial charge on any atom is -0.506 e. The minimum atomic E-state index is -0.198. The number of aromatic hydroxyl groups is 1. The molecule has 0 bridgehead atoms. The first-order chi connectivity index (χ1) is 20.1. The molecule has 0 saturated carbocycles. The van der Waals surface area contributed by atoms with Crippen LogP contribution >= 0.6 is 0 Å². The predicted molar refractivity (Wildman–Crippen MR) is 158 cm³/mol. The van der Waals surface area contributed by atoms with Gasteiger partial charge in [-0.15, -0.1) is 10.2 Å². The van der Waals surface area contributed by atoms with Crippen LogP contribution in [0.15, 0.2) is 97.2 Å². The highest BCUT2D eigenvalue weighted by molar-refractivity contribution is 5.98. The van der Waals surface area contributed by atoms with E-state index in [2.05, 4.69) is 63.3 Å². The highest BCUT2D eigenvalue weighted by Crippen LogP contribution is 2.34. The quantitative estimate of drug-likeness (QED) is 0.150. The number of hydrogen-bond acceptors (Lipinski definition) is 7. The Morgan fingerprint density at radius 1 is 0.878 bits per heavy atom. The number of carbonyl (C=O) groups excluding carboxylic acids is 1. The molecule has 3 heterocycles. The van der Waals surface area contributed by atoms with Gasteiger partial charge in [-0.25, -0.2) is 4.98 Å². The SMILES string of the molecule is O=C(CCNCc1ccc(-c2nc3ccn4c(CO)nnc4c3cc2-c2ccccc2)cc1)Nc1ccccc1O. The molecule has 0 fully saturated rings. The Labute approximate surface area is 236 Å². The molecule has 3 aromatic heterocycles. The number of aliphatic hydroxyl groups is 1. The van der Waals surface area contributed by atoms with E-state index < -0.39 is 0 Å². The van der Waals surface area contributed by atoms with Gasteiger partial charge in [0.2, 0.25) is 5.91 Å². The lowest BCUT2D eigenvalue weighted by molar-refractivity contribution is -0.116. The second kappa shape index (κ2) is 11.5. The lowest BCUT2D eigenvalue weighted by Gasteiger charge is -2.13. The van der Waals surface area contributed by atoms with Crippen LogP contribution < -0.4 is 10.6 Å². The van der Waals surface area contributed by atoms with Gasteiger partial charge in [0.1, 0.15) is 12.4 Å². The fourth-order valence-corrected chi connectivity index (χ4v) is 4.82. The van der Waals surface area contributed by atoms with Crippen molar-refractivity contribution in [3.63, 3.8) is 0 Å². The third-order valence-corrected chi connectivity index (χ3v) is 6.93. The average Bonchev–Trinajstić information content (AvgIpc) is 3.44. The Morgan fingerprint density at radius 3 is 2.44 bits per heavy atom. The Bertz CT molecular complexity index is 1830. The maximum absolute atomic E-state index is 12.2. The van der Waals surface area contributed by atoms with E-state index in [0.29, 0.717) is 30.2 Å². The summed E-state index contributed by atoms with van der Waals surface area (Å²) >= 11 is 0. The maximum Gasteiger partial charge on any atom is 0.225 e. The molecular weight excluding hydrogens is 516 g/mol. The van der Waals surface area contributed by atoms with Gasteiger partial charge in [-0.3, -0.25) is 9.20 Å². The molecular formula is C32H28N6O3. The molecule has 0 atom stereocenters. The number of amides is 1. The fourth-order valence-electron chi connectivity index (χ4n) is 4.82. The van der Waals surface area contributed by atoms with Crippen LogP contribution in [0.3, 0.4) is 0 Å². The predicted octanol–water partition coefficient (Wildman–Crippen LogP) is 4.93. The summed E-state index contributed by atoms with van der Waals surface area (Å²) in [5, 5.41) is 34.8. The van der Waals surface area contributed by atoms with Gasteiger partial charge >= 0.3 is 0 Å². The van der Waals surface area contributed by atoms with Gasteiger partial charge in [0.25, 0.3) is 0 Å². The summed E-state index contributed by atoms with van der Waals surface area (Å²) in [6.45, 7) is 0.913. The molecule has 6 rings (SSSR count). The molecule has 4 N–H and O–H groups in total. The van der Waals surface area contributed by atoms with Crippen LogP contribution in [-0.4, -0.2) is 42.2 Å². The number of fused-ring (bicyclic) bond motifs is 3. The average molecular weight is 545 g/mol. The molecule has 9 heteroatoms. The lowest BCUT2D eigenvalue weighted by atomic mass is 9.97. The zero-order valence-corrected chi connectivity index (χ0v) is 22.2. The number of benzene rings is 3. The zero-order chi connectivity index (χ0) is 28.2. The number of phenols is 1. The van der Waals surface area contributed by atoms with Gasteiger partial charge in [0, 0.05) is 42.2 Å². The number of phenolic OH excluding ortho intramolecular Hbond substituents is 1. The molecule has 41 heavy (non-hydrogen) atoms. The van der Waals surface area contributed by atoms with Gasteiger partial charge in [-0.1, -0.05) is 66.7 Å². The van der Waals surface area contributed by atoms with Crippen molar-refractivity contribution in [2.75, 3.05) is 11.9 Å². The van der Waals surface area contributed by atoms with Crippen molar-refractivity contribution in [2.45, 2.75) is 19.6 Å². The molecule has 0 aliphatic heterocycles. The summed E-state index contributed by atoms with van der Waals surface area (Å²) in [4.78, 5) is 17.3. The second-order valence-electron chi connectivity index (χ2n) is 9.66. The number of anilines is 1. The third kappa shape index (κ3) is 5.49. The molecule has 1 amide bonds. The number of nitrogens with zero attached hydrogens (tertiary/aromatic N) is 4. The highest BCUT2D eigenvalue weighted by Gasteiger charge is 2.15. The Balaban J connectivity index is 1.20. The van der Waals surface area contributed by atoms with Crippen LogP contribution in [0.25, 0.3) is 38.9 Å². The molecule has 0 aliphatic carbocycles. The molecule has 3 aromatic carbocycles. The zero-order valence-electron chi connectivity index (χ0n) is 22.2. The van der Waals surface area contributed by atoms with Crippen molar-refractivity contribution in [1.29, 1.82) is 0 Å². The normalized spacial score (nSPS) is 11.2. The van der Waals surface area contributed by atoms with Crippen molar-refractivity contribution < 1.29 is 15.0 Å². The highest BCUT2D eigenvalue weighted by atomic mass is 16.3. The molecule has 6 aromatic rings. The van der Waals surface area contributed by atoms with E-state index in [1.54, 1.807) is 22.6 Å². The number of aliphatic hydroxyl groups excluding tert-OH is 1. The minimum absolute atomic E-state index is 0.0490. The smallest absolute Gasteiger partial charge is 0.225 e. The number of carbonyl (C=O) groups is 1. The third-order valence-electron chi connectivity index (χ3n) is 6.93. The summed E-state index contributed by atoms with van der Waals surface area (Å²) in [6, 6.07) is 29.0. The second-order valence-corrected chi connectivity index (χ2v) is 9.66. The Kier molecular flexibility index (Phi) is 7.36. The van der Waals surface area contributed by atoms with Crippen molar-refractivity contribution in [3.8, 4) is 28.1 Å². The Morgan fingerprint density at radius 2 is 1.66 bits per heavy atom. The maximum atomic E-state index is 12.2. The molecule has 0 radical (unpaired) electrons. The standard InChI is InChI=1S/C32H28N6O3/c39-20-29-36-37-32-25-18-24(22-6-2-1-3-7-22)31(35-26(25)15-17-38(29)32)23-12-10-21(11-13-23)19-33-16-14-30(41)34-27-8-4-5-9-28(27)40/h1-13,15,17-18,33,39-40H,14,16,19-20H2,(H,34,41). The van der Waals surface area contributed by atoms with Crippen LogP contribution in [0.4, 0.5) is 5.69 Å². The summed E-state index contributed by atoms with van der Waals surface area (Å²) in [6.07, 6.45) is 2.12. The van der Waals surface area contributed by atoms with Gasteiger partial charge in [0.15, 0.2) is 11.5 Å². The van der Waals surface area contributed by atoms with Crippen molar-refractivity contribution in [3.05, 3.63) is 109 Å².